The Hall–Kier alpha value is -2.24. The second-order valence-electron chi connectivity index (χ2n) is 5.33. The van der Waals surface area contributed by atoms with E-state index in [9.17, 15) is 19.7 Å². The van der Waals surface area contributed by atoms with Crippen molar-refractivity contribution >= 4 is 17.4 Å². The van der Waals surface area contributed by atoms with E-state index in [0.29, 0.717) is 30.6 Å². The predicted octanol–water partition coefficient (Wildman–Crippen LogP) is 2.34. The molecule has 1 atom stereocenters. The average molecular weight is 290 g/mol. The topological polar surface area (TPSA) is 80.5 Å². The number of hydrogen-bond donors (Lipinski definition) is 0. The summed E-state index contributed by atoms with van der Waals surface area (Å²) in [4.78, 5) is 36.1. The highest BCUT2D eigenvalue weighted by atomic mass is 16.6. The number of likely N-dealkylation sites (tertiary alicyclic amines) is 1. The van der Waals surface area contributed by atoms with Crippen molar-refractivity contribution < 1.29 is 14.5 Å². The van der Waals surface area contributed by atoms with E-state index in [1.54, 1.807) is 11.8 Å². The second kappa shape index (κ2) is 6.03. The lowest BCUT2D eigenvalue weighted by atomic mass is 9.93. The number of nitro groups is 1. The average Bonchev–Trinajstić information content (AvgIpc) is 2.46. The SMILES string of the molecule is CCC1CN(C(=O)c2ccc([N+](=O)[O-])cc2C)CCC1=O. The molecular weight excluding hydrogens is 272 g/mol. The third-order valence-corrected chi connectivity index (χ3v) is 3.96. The third-order valence-electron chi connectivity index (χ3n) is 3.96. The third kappa shape index (κ3) is 3.09. The van der Waals surface area contributed by atoms with Crippen LogP contribution in [0, 0.1) is 23.0 Å². The van der Waals surface area contributed by atoms with Crippen LogP contribution in [-0.4, -0.2) is 34.6 Å². The summed E-state index contributed by atoms with van der Waals surface area (Å²) < 4.78 is 0. The van der Waals surface area contributed by atoms with Gasteiger partial charge in [0.15, 0.2) is 0 Å². The van der Waals surface area contributed by atoms with Crippen LogP contribution in [0.3, 0.4) is 0 Å². The van der Waals surface area contributed by atoms with E-state index < -0.39 is 4.92 Å². The highest BCUT2D eigenvalue weighted by Crippen LogP contribution is 2.22. The first-order valence-corrected chi connectivity index (χ1v) is 7.01. The molecule has 0 saturated carbocycles. The Bertz CT molecular complexity index is 597. The minimum atomic E-state index is -0.478. The summed E-state index contributed by atoms with van der Waals surface area (Å²) in [5.41, 5.74) is 1.02. The van der Waals surface area contributed by atoms with E-state index in [1.165, 1.54) is 18.2 Å². The van der Waals surface area contributed by atoms with Crippen LogP contribution < -0.4 is 0 Å². The van der Waals surface area contributed by atoms with E-state index in [1.807, 2.05) is 6.92 Å². The maximum Gasteiger partial charge on any atom is 0.269 e. The zero-order valence-electron chi connectivity index (χ0n) is 12.2. The number of benzene rings is 1. The highest BCUT2D eigenvalue weighted by Gasteiger charge is 2.29. The van der Waals surface area contributed by atoms with Gasteiger partial charge in [-0.15, -0.1) is 0 Å². The molecule has 0 spiro atoms. The number of non-ortho nitro benzene ring substituents is 1. The van der Waals surface area contributed by atoms with Crippen LogP contribution in [0.2, 0.25) is 0 Å². The molecule has 1 heterocycles. The van der Waals surface area contributed by atoms with Gasteiger partial charge in [-0.2, -0.15) is 0 Å². The number of amides is 1. The van der Waals surface area contributed by atoms with Gasteiger partial charge >= 0.3 is 0 Å². The molecule has 6 heteroatoms. The van der Waals surface area contributed by atoms with Crippen LogP contribution in [-0.2, 0) is 4.79 Å². The van der Waals surface area contributed by atoms with E-state index >= 15 is 0 Å². The van der Waals surface area contributed by atoms with Crippen molar-refractivity contribution in [2.75, 3.05) is 13.1 Å². The molecular formula is C15H18N2O4. The van der Waals surface area contributed by atoms with Crippen molar-refractivity contribution in [3.05, 3.63) is 39.4 Å². The summed E-state index contributed by atoms with van der Waals surface area (Å²) in [6, 6.07) is 4.24. The minimum absolute atomic E-state index is 0.0238. The van der Waals surface area contributed by atoms with Crippen LogP contribution >= 0.6 is 0 Å². The largest absolute Gasteiger partial charge is 0.337 e. The van der Waals surface area contributed by atoms with Crippen molar-refractivity contribution in [2.24, 2.45) is 5.92 Å². The van der Waals surface area contributed by atoms with Crippen molar-refractivity contribution in [1.82, 2.24) is 4.90 Å². The summed E-state index contributed by atoms with van der Waals surface area (Å²) >= 11 is 0. The minimum Gasteiger partial charge on any atom is -0.337 e. The van der Waals surface area contributed by atoms with Gasteiger partial charge in [-0.3, -0.25) is 19.7 Å². The van der Waals surface area contributed by atoms with Crippen LogP contribution in [0.25, 0.3) is 0 Å². The number of piperidine rings is 1. The van der Waals surface area contributed by atoms with Crippen LogP contribution in [0.5, 0.6) is 0 Å². The molecule has 0 N–H and O–H groups in total. The van der Waals surface area contributed by atoms with Gasteiger partial charge in [0, 0.05) is 43.1 Å². The first kappa shape index (κ1) is 15.2. The molecule has 1 fully saturated rings. The molecule has 1 amide bonds. The quantitative estimate of drug-likeness (QED) is 0.632. The number of nitro benzene ring substituents is 1. The summed E-state index contributed by atoms with van der Waals surface area (Å²) in [7, 11) is 0. The van der Waals surface area contributed by atoms with Crippen LogP contribution in [0.4, 0.5) is 5.69 Å². The lowest BCUT2D eigenvalue weighted by Crippen LogP contribution is -2.44. The highest BCUT2D eigenvalue weighted by molar-refractivity contribution is 5.97. The van der Waals surface area contributed by atoms with Crippen molar-refractivity contribution in [3.63, 3.8) is 0 Å². The van der Waals surface area contributed by atoms with Gasteiger partial charge in [0.2, 0.25) is 0 Å². The number of nitrogens with zero attached hydrogens (tertiary/aromatic N) is 2. The smallest absolute Gasteiger partial charge is 0.269 e. The molecule has 21 heavy (non-hydrogen) atoms. The summed E-state index contributed by atoms with van der Waals surface area (Å²) in [5.74, 6) is -0.0450. The number of hydrogen-bond acceptors (Lipinski definition) is 4. The normalized spacial score (nSPS) is 18.7. The zero-order chi connectivity index (χ0) is 15.6. The summed E-state index contributed by atoms with van der Waals surface area (Å²) in [6.07, 6.45) is 1.11. The van der Waals surface area contributed by atoms with E-state index in [4.69, 9.17) is 0 Å². The standard InChI is InChI=1S/C15H18N2O4/c1-3-11-9-16(7-6-14(11)18)15(19)13-5-4-12(17(20)21)8-10(13)2/h4-5,8,11H,3,6-7,9H2,1-2H3. The molecule has 1 aromatic rings. The lowest BCUT2D eigenvalue weighted by Gasteiger charge is -2.31. The van der Waals surface area contributed by atoms with Gasteiger partial charge in [-0.25, -0.2) is 0 Å². The summed E-state index contributed by atoms with van der Waals surface area (Å²) in [6.45, 7) is 4.48. The fourth-order valence-corrected chi connectivity index (χ4v) is 2.62. The van der Waals surface area contributed by atoms with Gasteiger partial charge in [-0.1, -0.05) is 6.92 Å². The first-order valence-electron chi connectivity index (χ1n) is 7.01. The molecule has 1 aromatic carbocycles. The van der Waals surface area contributed by atoms with Gasteiger partial charge in [-0.05, 0) is 25.0 Å². The van der Waals surface area contributed by atoms with Crippen molar-refractivity contribution in [3.8, 4) is 0 Å². The fraction of sp³-hybridized carbons (Fsp3) is 0.467. The Morgan fingerprint density at radius 1 is 1.48 bits per heavy atom. The van der Waals surface area contributed by atoms with Crippen molar-refractivity contribution in [2.45, 2.75) is 26.7 Å². The number of aryl methyl sites for hydroxylation is 1. The predicted molar refractivity (Wildman–Crippen MR) is 77.1 cm³/mol. The number of rotatable bonds is 3. The van der Waals surface area contributed by atoms with Crippen LogP contribution in [0.1, 0.15) is 35.7 Å². The molecule has 2 rings (SSSR count). The monoisotopic (exact) mass is 290 g/mol. The molecule has 1 aliphatic heterocycles. The molecule has 112 valence electrons. The number of carbonyl (C=O) groups excluding carboxylic acids is 2. The zero-order valence-corrected chi connectivity index (χ0v) is 12.2. The number of ketones is 1. The Morgan fingerprint density at radius 2 is 2.19 bits per heavy atom. The van der Waals surface area contributed by atoms with E-state index in [2.05, 4.69) is 0 Å². The Labute approximate surface area is 122 Å². The fourth-order valence-electron chi connectivity index (χ4n) is 2.62. The second-order valence-corrected chi connectivity index (χ2v) is 5.33. The van der Waals surface area contributed by atoms with E-state index in [-0.39, 0.29) is 23.3 Å². The number of Topliss-reactive ketones (excluding diaryl/α,β-unsaturated/α-hetero) is 1. The molecule has 1 unspecified atom stereocenters. The Kier molecular flexibility index (Phi) is 4.35. The van der Waals surface area contributed by atoms with Gasteiger partial charge in [0.25, 0.3) is 11.6 Å². The van der Waals surface area contributed by atoms with Gasteiger partial charge < -0.3 is 4.90 Å². The van der Waals surface area contributed by atoms with Crippen LogP contribution in [0.15, 0.2) is 18.2 Å². The Morgan fingerprint density at radius 3 is 2.76 bits per heavy atom. The van der Waals surface area contributed by atoms with E-state index in [0.717, 1.165) is 6.42 Å². The molecule has 0 bridgehead atoms. The van der Waals surface area contributed by atoms with Crippen molar-refractivity contribution in [1.29, 1.82) is 0 Å². The Balaban J connectivity index is 2.20. The molecule has 6 nitrogen and oxygen atoms in total. The molecule has 0 radical (unpaired) electrons. The maximum atomic E-state index is 12.5. The maximum absolute atomic E-state index is 12.5. The summed E-state index contributed by atoms with van der Waals surface area (Å²) in [5, 5.41) is 10.7. The first-order chi connectivity index (χ1) is 9.93. The lowest BCUT2D eigenvalue weighted by molar-refractivity contribution is -0.384. The molecule has 1 saturated heterocycles. The number of carbonyl (C=O) groups is 2. The molecule has 0 aromatic heterocycles. The molecule has 0 aliphatic carbocycles. The van der Waals surface area contributed by atoms with Gasteiger partial charge in [0.05, 0.1) is 4.92 Å². The molecule has 1 aliphatic rings. The van der Waals surface area contributed by atoms with Gasteiger partial charge in [0.1, 0.15) is 5.78 Å².